The molecule has 1 radical (unpaired) electrons. The summed E-state index contributed by atoms with van der Waals surface area (Å²) < 4.78 is 0. The van der Waals surface area contributed by atoms with Crippen molar-refractivity contribution in [2.75, 3.05) is 0 Å². The van der Waals surface area contributed by atoms with Crippen molar-refractivity contribution in [1.82, 2.24) is 0 Å². The number of fused-ring (bicyclic) bond motifs is 1. The first-order chi connectivity index (χ1) is 5.97. The molecule has 57 valence electrons. The first kappa shape index (κ1) is 7.04. The maximum Gasteiger partial charge on any atom is 0.0893 e. The zero-order valence-corrected chi connectivity index (χ0v) is 6.57. The molecule has 0 fully saturated rings. The minimum atomic E-state index is 0.970. The van der Waals surface area contributed by atoms with Crippen molar-refractivity contribution in [2.45, 2.75) is 0 Å². The van der Waals surface area contributed by atoms with Crippen molar-refractivity contribution in [1.29, 1.82) is 0 Å². The van der Waals surface area contributed by atoms with Crippen LogP contribution in [0.5, 0.6) is 0 Å². The summed E-state index contributed by atoms with van der Waals surface area (Å²) in [6, 6.07) is 8.00. The Labute approximate surface area is 71.8 Å². The Kier molecular flexibility index (Phi) is 1.87. The third-order valence-corrected chi connectivity index (χ3v) is 1.68. The number of allylic oxidation sites excluding steroid dienone is 3. The van der Waals surface area contributed by atoms with Gasteiger partial charge in [-0.25, -0.2) is 4.99 Å². The van der Waals surface area contributed by atoms with Gasteiger partial charge in [-0.1, -0.05) is 36.4 Å². The van der Waals surface area contributed by atoms with E-state index in [4.69, 9.17) is 0 Å². The van der Waals surface area contributed by atoms with E-state index in [9.17, 15) is 0 Å². The lowest BCUT2D eigenvalue weighted by Crippen LogP contribution is -1.76. The maximum atomic E-state index is 4.16. The van der Waals surface area contributed by atoms with Gasteiger partial charge in [0.2, 0.25) is 0 Å². The molecule has 0 saturated carbocycles. The maximum absolute atomic E-state index is 4.16. The summed E-state index contributed by atoms with van der Waals surface area (Å²) in [6.45, 7) is 0. The van der Waals surface area contributed by atoms with Crippen LogP contribution >= 0.6 is 0 Å². The SMILES string of the molecule is [C]1=N/c2ccccc2\C=C/C=C\1. The Hall–Kier alpha value is -1.63. The van der Waals surface area contributed by atoms with E-state index in [0.29, 0.717) is 0 Å². The zero-order valence-electron chi connectivity index (χ0n) is 6.57. The van der Waals surface area contributed by atoms with Crippen LogP contribution in [-0.4, -0.2) is 6.21 Å². The fourth-order valence-corrected chi connectivity index (χ4v) is 1.09. The molecule has 0 unspecified atom stereocenters. The number of hydrogen-bond acceptors (Lipinski definition) is 1. The summed E-state index contributed by atoms with van der Waals surface area (Å²) in [5.74, 6) is 0. The van der Waals surface area contributed by atoms with Gasteiger partial charge in [0.05, 0.1) is 11.9 Å². The predicted molar refractivity (Wildman–Crippen MR) is 51.7 cm³/mol. The van der Waals surface area contributed by atoms with Crippen molar-refractivity contribution in [3.8, 4) is 0 Å². The molecular weight excluding hydrogens is 146 g/mol. The first-order valence-electron chi connectivity index (χ1n) is 3.85. The van der Waals surface area contributed by atoms with E-state index in [1.165, 1.54) is 0 Å². The van der Waals surface area contributed by atoms with Gasteiger partial charge in [0, 0.05) is 5.56 Å². The second-order valence-electron chi connectivity index (χ2n) is 2.52. The third-order valence-electron chi connectivity index (χ3n) is 1.68. The molecule has 0 aliphatic carbocycles. The van der Waals surface area contributed by atoms with Crippen LogP contribution in [0.3, 0.4) is 0 Å². The quantitative estimate of drug-likeness (QED) is 0.545. The molecule has 12 heavy (non-hydrogen) atoms. The van der Waals surface area contributed by atoms with E-state index < -0.39 is 0 Å². The Morgan fingerprint density at radius 1 is 1.08 bits per heavy atom. The molecule has 1 nitrogen and oxygen atoms in total. The van der Waals surface area contributed by atoms with Gasteiger partial charge in [-0.3, -0.25) is 0 Å². The highest BCUT2D eigenvalue weighted by molar-refractivity contribution is 5.79. The van der Waals surface area contributed by atoms with Crippen LogP contribution in [-0.2, 0) is 0 Å². The van der Waals surface area contributed by atoms with Crippen LogP contribution < -0.4 is 0 Å². The number of benzene rings is 1. The normalized spacial score (nSPS) is 21.7. The summed E-state index contributed by atoms with van der Waals surface area (Å²) >= 11 is 0. The zero-order chi connectivity index (χ0) is 8.23. The standard InChI is InChI=1S/C11H8N/c1-2-6-10-7-3-4-8-11(10)12-9-5-1/h1-8H/b2-1?,5-1-,6-2-,9-5?,10-6?,12-9?,12-11?. The molecule has 0 saturated heterocycles. The molecule has 0 spiro atoms. The fraction of sp³-hybridized carbons (Fsp3) is 0. The van der Waals surface area contributed by atoms with Gasteiger partial charge in [0.25, 0.3) is 0 Å². The van der Waals surface area contributed by atoms with Crippen LogP contribution in [0.15, 0.2) is 47.5 Å². The fourth-order valence-electron chi connectivity index (χ4n) is 1.09. The molecule has 1 aliphatic rings. The minimum Gasteiger partial charge on any atom is -0.246 e. The second-order valence-corrected chi connectivity index (χ2v) is 2.52. The van der Waals surface area contributed by atoms with Crippen molar-refractivity contribution >= 4 is 18.0 Å². The lowest BCUT2D eigenvalue weighted by atomic mass is 10.1. The van der Waals surface area contributed by atoms with Gasteiger partial charge in [-0.05, 0) is 12.1 Å². The molecule has 2 rings (SSSR count). The Morgan fingerprint density at radius 3 is 3.00 bits per heavy atom. The lowest BCUT2D eigenvalue weighted by molar-refractivity contribution is 1.51. The molecule has 0 N–H and O–H groups in total. The Balaban J connectivity index is 2.54. The topological polar surface area (TPSA) is 12.4 Å². The molecular formula is C11H8N. The van der Waals surface area contributed by atoms with Gasteiger partial charge in [-0.15, -0.1) is 0 Å². The number of rotatable bonds is 0. The smallest absolute Gasteiger partial charge is 0.0893 e. The van der Waals surface area contributed by atoms with E-state index in [2.05, 4.69) is 11.2 Å². The van der Waals surface area contributed by atoms with Gasteiger partial charge in [-0.2, -0.15) is 0 Å². The van der Waals surface area contributed by atoms with Crippen LogP contribution in [0.1, 0.15) is 5.56 Å². The number of nitrogens with zero attached hydrogens (tertiary/aromatic N) is 1. The van der Waals surface area contributed by atoms with Crippen molar-refractivity contribution in [3.63, 3.8) is 0 Å². The first-order valence-corrected chi connectivity index (χ1v) is 3.85. The molecule has 1 heteroatoms. The van der Waals surface area contributed by atoms with Crippen molar-refractivity contribution < 1.29 is 0 Å². The molecule has 0 aromatic heterocycles. The molecule has 1 aromatic rings. The Morgan fingerprint density at radius 2 is 2.00 bits per heavy atom. The Bertz CT molecular complexity index is 324. The van der Waals surface area contributed by atoms with E-state index in [1.54, 1.807) is 6.08 Å². The summed E-state index contributed by atoms with van der Waals surface area (Å²) in [6.07, 6.45) is 10.6. The van der Waals surface area contributed by atoms with Crippen LogP contribution in [0.4, 0.5) is 5.69 Å². The van der Waals surface area contributed by atoms with Gasteiger partial charge in [0.15, 0.2) is 0 Å². The van der Waals surface area contributed by atoms with E-state index in [0.717, 1.165) is 11.3 Å². The summed E-state index contributed by atoms with van der Waals surface area (Å²) in [4.78, 5) is 4.16. The van der Waals surface area contributed by atoms with E-state index >= 15 is 0 Å². The average Bonchev–Trinajstić information content (AvgIpc) is 2.06. The van der Waals surface area contributed by atoms with Crippen molar-refractivity contribution in [2.24, 2.45) is 4.99 Å². The van der Waals surface area contributed by atoms with Crippen molar-refractivity contribution in [3.05, 3.63) is 48.1 Å². The average molecular weight is 154 g/mol. The summed E-state index contributed by atoms with van der Waals surface area (Å²) in [7, 11) is 0. The van der Waals surface area contributed by atoms with Gasteiger partial charge in [0.1, 0.15) is 0 Å². The summed E-state index contributed by atoms with van der Waals surface area (Å²) in [5, 5.41) is 0. The van der Waals surface area contributed by atoms with Crippen LogP contribution in [0.25, 0.3) is 6.08 Å². The third kappa shape index (κ3) is 1.35. The van der Waals surface area contributed by atoms with E-state index in [1.807, 2.05) is 42.5 Å². The highest BCUT2D eigenvalue weighted by Gasteiger charge is 1.94. The predicted octanol–water partition coefficient (Wildman–Crippen LogP) is 2.85. The molecule has 1 aromatic carbocycles. The largest absolute Gasteiger partial charge is 0.246 e. The lowest BCUT2D eigenvalue weighted by Gasteiger charge is -1.99. The van der Waals surface area contributed by atoms with Crippen LogP contribution in [0.2, 0.25) is 0 Å². The molecule has 1 heterocycles. The summed E-state index contributed by atoms with van der Waals surface area (Å²) in [5.41, 5.74) is 2.10. The number of para-hydroxylation sites is 1. The number of hydrogen-bond donors (Lipinski definition) is 0. The van der Waals surface area contributed by atoms with E-state index in [-0.39, 0.29) is 0 Å². The molecule has 0 bridgehead atoms. The highest BCUT2D eigenvalue weighted by Crippen LogP contribution is 2.20. The van der Waals surface area contributed by atoms with Crippen LogP contribution in [0, 0.1) is 0 Å². The monoisotopic (exact) mass is 154 g/mol. The molecule has 0 atom stereocenters. The second kappa shape index (κ2) is 3.18. The minimum absolute atomic E-state index is 0.970. The number of aliphatic imine (C=N–C) groups is 1. The molecule has 0 amide bonds. The van der Waals surface area contributed by atoms with Gasteiger partial charge >= 0.3 is 0 Å². The highest BCUT2D eigenvalue weighted by atomic mass is 14.7. The van der Waals surface area contributed by atoms with Gasteiger partial charge < -0.3 is 0 Å². The molecule has 1 aliphatic heterocycles.